The first-order valence-corrected chi connectivity index (χ1v) is 8.38. The Morgan fingerprint density at radius 3 is 2.68 bits per heavy atom. The van der Waals surface area contributed by atoms with E-state index in [0.717, 1.165) is 15.6 Å². The van der Waals surface area contributed by atoms with Crippen LogP contribution in [0.5, 0.6) is 5.75 Å². The van der Waals surface area contributed by atoms with Gasteiger partial charge >= 0.3 is 0 Å². The Hall–Kier alpha value is -2.73. The highest BCUT2D eigenvalue weighted by atomic mass is 79.9. The fourth-order valence-corrected chi connectivity index (χ4v) is 3.12. The van der Waals surface area contributed by atoms with Crippen LogP contribution in [0, 0.1) is 6.92 Å². The number of nitrogens with one attached hydrogen (secondary N) is 1. The Balaban J connectivity index is 1.85. The van der Waals surface area contributed by atoms with Crippen molar-refractivity contribution in [2.75, 3.05) is 18.2 Å². The number of carbonyl (C=O) groups excluding carboxylic acids is 1. The van der Waals surface area contributed by atoms with Gasteiger partial charge in [-0.3, -0.25) is 4.79 Å². The number of halogens is 1. The molecule has 1 aromatic heterocycles. The molecule has 0 unspecified atom stereocenters. The largest absolute Gasteiger partial charge is 0.495 e. The average molecular weight is 401 g/mol. The molecule has 0 radical (unpaired) electrons. The number of nitrogens with two attached hydrogens (primary N) is 1. The standard InChI is InChI=1S/C19H17BrN2O3/c1-11-3-5-13(14(20)9-11)16-7-8-18(25-16)19(23)22-15-10-12(21)4-6-17(15)24-2/h3-10H,21H2,1-2H3,(H,22,23). The first-order valence-electron chi connectivity index (χ1n) is 7.59. The van der Waals surface area contributed by atoms with Gasteiger partial charge in [-0.05, 0) is 55.0 Å². The van der Waals surface area contributed by atoms with Crippen molar-refractivity contribution in [3.8, 4) is 17.1 Å². The van der Waals surface area contributed by atoms with Gasteiger partial charge in [0, 0.05) is 15.7 Å². The zero-order valence-electron chi connectivity index (χ0n) is 13.8. The molecule has 0 fully saturated rings. The van der Waals surface area contributed by atoms with E-state index in [0.29, 0.717) is 22.9 Å². The van der Waals surface area contributed by atoms with Crippen LogP contribution >= 0.6 is 15.9 Å². The van der Waals surface area contributed by atoms with Crippen LogP contribution in [0.15, 0.2) is 57.4 Å². The lowest BCUT2D eigenvalue weighted by Gasteiger charge is -2.10. The molecule has 3 aromatic rings. The molecule has 128 valence electrons. The zero-order valence-corrected chi connectivity index (χ0v) is 15.4. The molecule has 6 heteroatoms. The van der Waals surface area contributed by atoms with E-state index in [9.17, 15) is 4.79 Å². The molecule has 2 aromatic carbocycles. The van der Waals surface area contributed by atoms with Gasteiger partial charge in [0.2, 0.25) is 0 Å². The summed E-state index contributed by atoms with van der Waals surface area (Å²) in [6.07, 6.45) is 0. The van der Waals surface area contributed by atoms with Crippen LogP contribution in [-0.2, 0) is 0 Å². The topological polar surface area (TPSA) is 77.5 Å². The molecule has 0 aliphatic carbocycles. The van der Waals surface area contributed by atoms with E-state index >= 15 is 0 Å². The van der Waals surface area contributed by atoms with Crippen molar-refractivity contribution in [2.45, 2.75) is 6.92 Å². The summed E-state index contributed by atoms with van der Waals surface area (Å²) in [5, 5.41) is 2.76. The Morgan fingerprint density at radius 2 is 1.96 bits per heavy atom. The second-order valence-electron chi connectivity index (χ2n) is 5.56. The van der Waals surface area contributed by atoms with Crippen LogP contribution in [0.2, 0.25) is 0 Å². The molecule has 0 bridgehead atoms. The van der Waals surface area contributed by atoms with Crippen LogP contribution < -0.4 is 15.8 Å². The minimum atomic E-state index is -0.376. The van der Waals surface area contributed by atoms with E-state index < -0.39 is 0 Å². The van der Waals surface area contributed by atoms with Gasteiger partial charge in [-0.2, -0.15) is 0 Å². The molecule has 0 aliphatic heterocycles. The van der Waals surface area contributed by atoms with E-state index in [1.54, 1.807) is 30.3 Å². The molecule has 0 spiro atoms. The van der Waals surface area contributed by atoms with E-state index in [4.69, 9.17) is 14.9 Å². The SMILES string of the molecule is COc1ccc(N)cc1NC(=O)c1ccc(-c2ccc(C)cc2Br)o1. The monoisotopic (exact) mass is 400 g/mol. The molecule has 0 saturated carbocycles. The second kappa shape index (κ2) is 7.03. The number of benzene rings is 2. The second-order valence-corrected chi connectivity index (χ2v) is 6.42. The zero-order chi connectivity index (χ0) is 18.0. The smallest absolute Gasteiger partial charge is 0.291 e. The van der Waals surface area contributed by atoms with Gasteiger partial charge in [0.1, 0.15) is 11.5 Å². The van der Waals surface area contributed by atoms with Gasteiger partial charge in [-0.1, -0.05) is 22.0 Å². The number of hydrogen-bond acceptors (Lipinski definition) is 4. The lowest BCUT2D eigenvalue weighted by Crippen LogP contribution is -2.12. The van der Waals surface area contributed by atoms with Crippen molar-refractivity contribution in [3.05, 3.63) is 64.3 Å². The molecular formula is C19H17BrN2O3. The Morgan fingerprint density at radius 1 is 1.16 bits per heavy atom. The molecule has 25 heavy (non-hydrogen) atoms. The number of hydrogen-bond donors (Lipinski definition) is 2. The third kappa shape index (κ3) is 3.69. The first kappa shape index (κ1) is 17.1. The summed E-state index contributed by atoms with van der Waals surface area (Å²) in [7, 11) is 1.53. The molecule has 0 aliphatic rings. The molecule has 3 N–H and O–H groups in total. The van der Waals surface area contributed by atoms with Crippen LogP contribution in [0.1, 0.15) is 16.1 Å². The van der Waals surface area contributed by atoms with Crippen molar-refractivity contribution >= 4 is 33.2 Å². The highest BCUT2D eigenvalue weighted by Gasteiger charge is 2.16. The number of amides is 1. The number of nitrogen functional groups attached to an aromatic ring is 1. The number of carbonyl (C=O) groups is 1. The van der Waals surface area contributed by atoms with Crippen molar-refractivity contribution in [1.29, 1.82) is 0 Å². The lowest BCUT2D eigenvalue weighted by atomic mass is 10.1. The quantitative estimate of drug-likeness (QED) is 0.612. The van der Waals surface area contributed by atoms with Crippen molar-refractivity contribution in [1.82, 2.24) is 0 Å². The van der Waals surface area contributed by atoms with Crippen molar-refractivity contribution < 1.29 is 13.9 Å². The third-order valence-electron chi connectivity index (χ3n) is 3.69. The predicted molar refractivity (Wildman–Crippen MR) is 102 cm³/mol. The van der Waals surface area contributed by atoms with E-state index in [2.05, 4.69) is 21.2 Å². The van der Waals surface area contributed by atoms with Crippen molar-refractivity contribution in [3.63, 3.8) is 0 Å². The summed E-state index contributed by atoms with van der Waals surface area (Å²) >= 11 is 3.52. The van der Waals surface area contributed by atoms with Gasteiger partial charge in [-0.15, -0.1) is 0 Å². The summed E-state index contributed by atoms with van der Waals surface area (Å²) in [5.74, 6) is 0.956. The summed E-state index contributed by atoms with van der Waals surface area (Å²) in [4.78, 5) is 12.5. The summed E-state index contributed by atoms with van der Waals surface area (Å²) in [6.45, 7) is 2.01. The fraction of sp³-hybridized carbons (Fsp3) is 0.105. The molecule has 1 amide bonds. The maximum atomic E-state index is 12.5. The maximum Gasteiger partial charge on any atom is 0.291 e. The van der Waals surface area contributed by atoms with Gasteiger partial charge in [-0.25, -0.2) is 0 Å². The van der Waals surface area contributed by atoms with Crippen molar-refractivity contribution in [2.24, 2.45) is 0 Å². The Labute approximate surface area is 153 Å². The molecule has 0 atom stereocenters. The lowest BCUT2D eigenvalue weighted by molar-refractivity contribution is 0.0997. The fourth-order valence-electron chi connectivity index (χ4n) is 2.43. The third-order valence-corrected chi connectivity index (χ3v) is 4.35. The van der Waals surface area contributed by atoms with Gasteiger partial charge in [0.15, 0.2) is 5.76 Å². The highest BCUT2D eigenvalue weighted by Crippen LogP contribution is 2.31. The number of methoxy groups -OCH3 is 1. The molecule has 0 saturated heterocycles. The average Bonchev–Trinajstić information content (AvgIpc) is 3.05. The number of furan rings is 1. The van der Waals surface area contributed by atoms with Gasteiger partial charge in [0.05, 0.1) is 12.8 Å². The highest BCUT2D eigenvalue weighted by molar-refractivity contribution is 9.10. The van der Waals surface area contributed by atoms with Crippen LogP contribution in [0.3, 0.4) is 0 Å². The summed E-state index contributed by atoms with van der Waals surface area (Å²) in [6, 6.07) is 14.4. The summed E-state index contributed by atoms with van der Waals surface area (Å²) in [5.41, 5.74) is 8.80. The van der Waals surface area contributed by atoms with Gasteiger partial charge < -0.3 is 20.2 Å². The number of anilines is 2. The Bertz CT molecular complexity index is 934. The number of aryl methyl sites for hydroxylation is 1. The molecule has 1 heterocycles. The molecule has 5 nitrogen and oxygen atoms in total. The Kier molecular flexibility index (Phi) is 4.81. The minimum Gasteiger partial charge on any atom is -0.495 e. The number of ether oxygens (including phenoxy) is 1. The van der Waals surface area contributed by atoms with Crippen LogP contribution in [0.4, 0.5) is 11.4 Å². The molecular weight excluding hydrogens is 384 g/mol. The predicted octanol–water partition coefficient (Wildman–Crippen LogP) is 4.86. The van der Waals surface area contributed by atoms with Gasteiger partial charge in [0.25, 0.3) is 5.91 Å². The van der Waals surface area contributed by atoms with E-state index in [1.165, 1.54) is 7.11 Å². The number of rotatable bonds is 4. The van der Waals surface area contributed by atoms with E-state index in [1.807, 2.05) is 25.1 Å². The van der Waals surface area contributed by atoms with Crippen LogP contribution in [0.25, 0.3) is 11.3 Å². The van der Waals surface area contributed by atoms with E-state index in [-0.39, 0.29) is 11.7 Å². The maximum absolute atomic E-state index is 12.5. The minimum absolute atomic E-state index is 0.201. The van der Waals surface area contributed by atoms with Crippen LogP contribution in [-0.4, -0.2) is 13.0 Å². The first-order chi connectivity index (χ1) is 12.0. The summed E-state index contributed by atoms with van der Waals surface area (Å²) < 4.78 is 11.9. The normalized spacial score (nSPS) is 10.5. The molecule has 3 rings (SSSR count).